The van der Waals surface area contributed by atoms with E-state index in [4.69, 9.17) is 9.47 Å². The van der Waals surface area contributed by atoms with E-state index in [1.807, 2.05) is 6.92 Å². The van der Waals surface area contributed by atoms with E-state index in [1.54, 1.807) is 6.07 Å². The summed E-state index contributed by atoms with van der Waals surface area (Å²) in [6, 6.07) is 4.61. The Morgan fingerprint density at radius 1 is 1.58 bits per heavy atom. The summed E-state index contributed by atoms with van der Waals surface area (Å²) in [5.41, 5.74) is 0.227. The van der Waals surface area contributed by atoms with E-state index >= 15 is 0 Å². The van der Waals surface area contributed by atoms with Crippen LogP contribution in [0.3, 0.4) is 0 Å². The third-order valence-electron chi connectivity index (χ3n) is 3.48. The van der Waals surface area contributed by atoms with Gasteiger partial charge >= 0.3 is 0 Å². The highest BCUT2D eigenvalue weighted by atomic mass is 16.5. The van der Waals surface area contributed by atoms with Gasteiger partial charge in [0, 0.05) is 18.6 Å². The minimum absolute atomic E-state index is 0.0144. The highest BCUT2D eigenvalue weighted by Gasteiger charge is 2.24. The lowest BCUT2D eigenvalue weighted by Gasteiger charge is -2.19. The summed E-state index contributed by atoms with van der Waals surface area (Å²) in [6.07, 6.45) is 0.950. The zero-order valence-electron chi connectivity index (χ0n) is 11.2. The molecule has 104 valence electrons. The van der Waals surface area contributed by atoms with Crippen LogP contribution in [0.15, 0.2) is 18.2 Å². The topological polar surface area (TPSA) is 67.8 Å². The Kier molecular flexibility index (Phi) is 4.27. The van der Waals surface area contributed by atoms with Crippen LogP contribution >= 0.6 is 0 Å². The third kappa shape index (κ3) is 3.17. The number of hydrogen-bond donors (Lipinski definition) is 2. The number of rotatable bonds is 4. The van der Waals surface area contributed by atoms with Gasteiger partial charge in [-0.1, -0.05) is 0 Å². The molecule has 1 aliphatic heterocycles. The zero-order valence-corrected chi connectivity index (χ0v) is 11.2. The van der Waals surface area contributed by atoms with Gasteiger partial charge in [0.15, 0.2) is 0 Å². The molecule has 1 fully saturated rings. The Morgan fingerprint density at radius 3 is 3.00 bits per heavy atom. The van der Waals surface area contributed by atoms with Crippen molar-refractivity contribution in [2.45, 2.75) is 19.4 Å². The number of methoxy groups -OCH3 is 1. The van der Waals surface area contributed by atoms with Crippen molar-refractivity contribution >= 4 is 5.91 Å². The summed E-state index contributed by atoms with van der Waals surface area (Å²) in [5, 5.41) is 12.6. The normalized spacial score (nSPS) is 20.0. The number of aromatic hydroxyl groups is 1. The first-order valence-electron chi connectivity index (χ1n) is 6.37. The molecule has 2 rings (SSSR count). The highest BCUT2D eigenvalue weighted by molar-refractivity contribution is 5.97. The average Bonchev–Trinajstić information content (AvgIpc) is 2.93. The molecule has 1 aromatic carbocycles. The van der Waals surface area contributed by atoms with Crippen LogP contribution in [-0.4, -0.2) is 37.4 Å². The molecule has 2 N–H and O–H groups in total. The van der Waals surface area contributed by atoms with Gasteiger partial charge < -0.3 is 19.9 Å². The van der Waals surface area contributed by atoms with Crippen LogP contribution in [0.25, 0.3) is 0 Å². The lowest BCUT2D eigenvalue weighted by Crippen LogP contribution is -2.38. The number of phenolic OH excluding ortho intramolecular Hbond substituents is 1. The molecule has 0 saturated carbocycles. The zero-order chi connectivity index (χ0) is 13.8. The molecular formula is C14H19NO4. The van der Waals surface area contributed by atoms with Gasteiger partial charge in [-0.2, -0.15) is 0 Å². The van der Waals surface area contributed by atoms with E-state index in [1.165, 1.54) is 19.2 Å². The largest absolute Gasteiger partial charge is 0.507 e. The van der Waals surface area contributed by atoms with Gasteiger partial charge in [0.1, 0.15) is 11.5 Å². The first-order chi connectivity index (χ1) is 9.11. The van der Waals surface area contributed by atoms with Crippen molar-refractivity contribution in [1.29, 1.82) is 0 Å². The molecule has 1 aromatic rings. The van der Waals surface area contributed by atoms with E-state index in [0.29, 0.717) is 18.3 Å². The molecule has 0 bridgehead atoms. The van der Waals surface area contributed by atoms with Gasteiger partial charge in [-0.25, -0.2) is 0 Å². The number of benzene rings is 1. The summed E-state index contributed by atoms with van der Waals surface area (Å²) < 4.78 is 10.4. The molecule has 2 unspecified atom stereocenters. The van der Waals surface area contributed by atoms with Gasteiger partial charge in [-0.3, -0.25) is 4.79 Å². The molecule has 0 aliphatic carbocycles. The summed E-state index contributed by atoms with van der Waals surface area (Å²) in [7, 11) is 1.52. The standard InChI is InChI=1S/C14H19NO4/c1-9(10-5-6-19-8-10)15-14(17)12-7-11(18-2)3-4-13(12)16/h3-4,7,9-10,16H,5-6,8H2,1-2H3,(H,15,17). The van der Waals surface area contributed by atoms with Crippen molar-refractivity contribution in [2.24, 2.45) is 5.92 Å². The minimum Gasteiger partial charge on any atom is -0.507 e. The molecule has 0 aromatic heterocycles. The lowest BCUT2D eigenvalue weighted by atomic mass is 10.0. The van der Waals surface area contributed by atoms with Crippen LogP contribution in [-0.2, 0) is 4.74 Å². The quantitative estimate of drug-likeness (QED) is 0.867. The summed E-state index contributed by atoms with van der Waals surface area (Å²) in [6.45, 7) is 3.37. The fraction of sp³-hybridized carbons (Fsp3) is 0.500. The predicted octanol–water partition coefficient (Wildman–Crippen LogP) is 1.56. The second-order valence-corrected chi connectivity index (χ2v) is 4.77. The van der Waals surface area contributed by atoms with Crippen molar-refractivity contribution in [3.8, 4) is 11.5 Å². The highest BCUT2D eigenvalue weighted by Crippen LogP contribution is 2.23. The summed E-state index contributed by atoms with van der Waals surface area (Å²) >= 11 is 0. The number of carbonyl (C=O) groups is 1. The lowest BCUT2D eigenvalue weighted by molar-refractivity contribution is 0.0919. The van der Waals surface area contributed by atoms with Gasteiger partial charge in [0.2, 0.25) is 0 Å². The maximum Gasteiger partial charge on any atom is 0.255 e. The van der Waals surface area contributed by atoms with E-state index in [9.17, 15) is 9.90 Å². The molecule has 19 heavy (non-hydrogen) atoms. The van der Waals surface area contributed by atoms with Crippen LogP contribution in [0.5, 0.6) is 11.5 Å². The van der Waals surface area contributed by atoms with Crippen molar-refractivity contribution in [1.82, 2.24) is 5.32 Å². The van der Waals surface area contributed by atoms with Crippen LogP contribution in [0.4, 0.5) is 0 Å². The Bertz CT molecular complexity index is 455. The van der Waals surface area contributed by atoms with Crippen LogP contribution in [0, 0.1) is 5.92 Å². The van der Waals surface area contributed by atoms with Crippen molar-refractivity contribution in [2.75, 3.05) is 20.3 Å². The van der Waals surface area contributed by atoms with E-state index in [2.05, 4.69) is 5.32 Å². The van der Waals surface area contributed by atoms with Crippen LogP contribution < -0.4 is 10.1 Å². The second-order valence-electron chi connectivity index (χ2n) is 4.77. The summed E-state index contributed by atoms with van der Waals surface area (Å²) in [5.74, 6) is 0.528. The van der Waals surface area contributed by atoms with Crippen LogP contribution in [0.2, 0.25) is 0 Å². The Labute approximate surface area is 112 Å². The maximum absolute atomic E-state index is 12.1. The second kappa shape index (κ2) is 5.93. The molecule has 0 spiro atoms. The fourth-order valence-corrected chi connectivity index (χ4v) is 2.17. The Morgan fingerprint density at radius 2 is 2.37 bits per heavy atom. The number of ether oxygens (including phenoxy) is 2. The first-order valence-corrected chi connectivity index (χ1v) is 6.37. The van der Waals surface area contributed by atoms with Gasteiger partial charge in [0.25, 0.3) is 5.91 Å². The molecule has 5 heteroatoms. The number of carbonyl (C=O) groups excluding carboxylic acids is 1. The van der Waals surface area contributed by atoms with Gasteiger partial charge in [-0.15, -0.1) is 0 Å². The first kappa shape index (κ1) is 13.7. The third-order valence-corrected chi connectivity index (χ3v) is 3.48. The van der Waals surface area contributed by atoms with E-state index in [0.717, 1.165) is 13.0 Å². The average molecular weight is 265 g/mol. The number of amides is 1. The predicted molar refractivity (Wildman–Crippen MR) is 70.5 cm³/mol. The Hall–Kier alpha value is -1.75. The maximum atomic E-state index is 12.1. The SMILES string of the molecule is COc1ccc(O)c(C(=O)NC(C)C2CCOC2)c1. The molecule has 1 amide bonds. The number of phenols is 1. The molecule has 1 aliphatic rings. The molecule has 0 radical (unpaired) electrons. The van der Waals surface area contributed by atoms with Gasteiger partial charge in [0.05, 0.1) is 19.3 Å². The van der Waals surface area contributed by atoms with E-state index in [-0.39, 0.29) is 23.3 Å². The van der Waals surface area contributed by atoms with Crippen molar-refractivity contribution in [3.63, 3.8) is 0 Å². The smallest absolute Gasteiger partial charge is 0.255 e. The Balaban J connectivity index is 2.06. The van der Waals surface area contributed by atoms with E-state index < -0.39 is 0 Å². The monoisotopic (exact) mass is 265 g/mol. The molecule has 1 heterocycles. The molecule has 5 nitrogen and oxygen atoms in total. The molecular weight excluding hydrogens is 246 g/mol. The number of nitrogens with one attached hydrogen (secondary N) is 1. The summed E-state index contributed by atoms with van der Waals surface area (Å²) in [4.78, 5) is 12.1. The minimum atomic E-state index is -0.296. The van der Waals surface area contributed by atoms with Gasteiger partial charge in [-0.05, 0) is 31.5 Å². The molecule has 2 atom stereocenters. The van der Waals surface area contributed by atoms with Crippen LogP contribution in [0.1, 0.15) is 23.7 Å². The fourth-order valence-electron chi connectivity index (χ4n) is 2.17. The van der Waals surface area contributed by atoms with Crippen molar-refractivity contribution in [3.05, 3.63) is 23.8 Å². The molecule has 1 saturated heterocycles. The number of hydrogen-bond acceptors (Lipinski definition) is 4. The van der Waals surface area contributed by atoms with Crippen molar-refractivity contribution < 1.29 is 19.4 Å².